The summed E-state index contributed by atoms with van der Waals surface area (Å²) in [5.41, 5.74) is 5.35. The van der Waals surface area contributed by atoms with Gasteiger partial charge in [0.2, 0.25) is 5.91 Å². The largest absolute Gasteiger partial charge is 0.472 e. The van der Waals surface area contributed by atoms with Gasteiger partial charge in [0, 0.05) is 13.0 Å². The Morgan fingerprint density at radius 2 is 1.13 bits per heavy atom. The summed E-state index contributed by atoms with van der Waals surface area (Å²) in [7, 11) is -4.34. The third kappa shape index (κ3) is 33.0. The minimum Gasteiger partial charge on any atom is -0.387 e. The lowest BCUT2D eigenvalue weighted by Gasteiger charge is -2.23. The standard InChI is InChI=1S/C38H73N2O6P/c1-3-5-7-9-11-13-15-17-18-20-21-23-25-27-29-31-37(41)36(35-46-47(43,44)45-34-33-39)40-38(42)32-30-28-26-24-22-19-16-14-12-10-8-6-4-2/h14,16,21,23,29,31,36-37,41H,3-13,15,17-20,22,24-28,30,32-35,39H2,1-2H3,(H,40,42)(H,43,44)/b16-14-,23-21+,31-29+. The number of hydrogen-bond acceptors (Lipinski definition) is 6. The Morgan fingerprint density at radius 1 is 0.681 bits per heavy atom. The van der Waals surface area contributed by atoms with Gasteiger partial charge in [0.15, 0.2) is 0 Å². The van der Waals surface area contributed by atoms with Gasteiger partial charge in [0.05, 0.1) is 25.4 Å². The first-order chi connectivity index (χ1) is 22.9. The molecular weight excluding hydrogens is 611 g/mol. The summed E-state index contributed by atoms with van der Waals surface area (Å²) in [6, 6.07) is -0.878. The van der Waals surface area contributed by atoms with E-state index < -0.39 is 20.0 Å². The molecule has 0 radical (unpaired) electrons. The molecule has 0 fully saturated rings. The molecular formula is C38H73N2O6P. The highest BCUT2D eigenvalue weighted by atomic mass is 31.2. The molecule has 3 atom stereocenters. The number of carbonyl (C=O) groups is 1. The Hall–Kier alpha value is -1.28. The normalized spacial score (nSPS) is 14.7. The van der Waals surface area contributed by atoms with Gasteiger partial charge in [-0.1, -0.05) is 140 Å². The van der Waals surface area contributed by atoms with Crippen molar-refractivity contribution in [2.24, 2.45) is 5.73 Å². The van der Waals surface area contributed by atoms with Crippen LogP contribution < -0.4 is 11.1 Å². The Bertz CT molecular complexity index is 835. The second-order valence-electron chi connectivity index (χ2n) is 12.8. The molecule has 0 aliphatic carbocycles. The van der Waals surface area contributed by atoms with E-state index in [0.717, 1.165) is 57.8 Å². The molecule has 47 heavy (non-hydrogen) atoms. The smallest absolute Gasteiger partial charge is 0.387 e. The van der Waals surface area contributed by atoms with E-state index in [1.165, 1.54) is 89.9 Å². The SMILES string of the molecule is CCCCCC/C=C\CCCCCCCC(=O)NC(COP(=O)(O)OCCN)C(O)/C=C/CC/C=C/CCCCCCCCCCC. The van der Waals surface area contributed by atoms with Crippen LogP contribution in [0.3, 0.4) is 0 Å². The van der Waals surface area contributed by atoms with Crippen LogP contribution in [0.15, 0.2) is 36.5 Å². The number of carbonyl (C=O) groups excluding carboxylic acids is 1. The number of aliphatic hydroxyl groups excluding tert-OH is 1. The highest BCUT2D eigenvalue weighted by molar-refractivity contribution is 7.47. The summed E-state index contributed by atoms with van der Waals surface area (Å²) in [5, 5.41) is 13.6. The van der Waals surface area contributed by atoms with Crippen LogP contribution in [-0.2, 0) is 18.4 Å². The van der Waals surface area contributed by atoms with E-state index in [9.17, 15) is 19.4 Å². The van der Waals surface area contributed by atoms with E-state index in [2.05, 4.69) is 43.5 Å². The second-order valence-corrected chi connectivity index (χ2v) is 14.2. The highest BCUT2D eigenvalue weighted by Gasteiger charge is 2.26. The molecule has 0 bridgehead atoms. The molecule has 0 aromatic heterocycles. The van der Waals surface area contributed by atoms with Crippen LogP contribution >= 0.6 is 7.82 Å². The quantitative estimate of drug-likeness (QED) is 0.0297. The highest BCUT2D eigenvalue weighted by Crippen LogP contribution is 2.43. The number of nitrogens with two attached hydrogens (primary N) is 1. The number of amides is 1. The van der Waals surface area contributed by atoms with Crippen molar-refractivity contribution >= 4 is 13.7 Å². The molecule has 5 N–H and O–H groups in total. The minimum atomic E-state index is -4.34. The van der Waals surface area contributed by atoms with Crippen LogP contribution in [-0.4, -0.2) is 47.8 Å². The van der Waals surface area contributed by atoms with Crippen LogP contribution in [0.4, 0.5) is 0 Å². The lowest BCUT2D eigenvalue weighted by atomic mass is 10.1. The first-order valence-electron chi connectivity index (χ1n) is 19.1. The van der Waals surface area contributed by atoms with E-state index in [1.807, 2.05) is 6.08 Å². The number of phosphoric ester groups is 1. The molecule has 0 aliphatic rings. The van der Waals surface area contributed by atoms with Crippen molar-refractivity contribution in [1.82, 2.24) is 5.32 Å². The molecule has 0 aliphatic heterocycles. The molecule has 0 aromatic rings. The molecule has 0 heterocycles. The van der Waals surface area contributed by atoms with Crippen LogP contribution in [0.2, 0.25) is 0 Å². The zero-order valence-corrected chi connectivity index (χ0v) is 31.2. The number of phosphoric acid groups is 1. The molecule has 8 nitrogen and oxygen atoms in total. The fourth-order valence-electron chi connectivity index (χ4n) is 5.26. The van der Waals surface area contributed by atoms with Gasteiger partial charge in [-0.05, 0) is 57.8 Å². The number of nitrogens with one attached hydrogen (secondary N) is 1. The predicted octanol–water partition coefficient (Wildman–Crippen LogP) is 10.00. The minimum absolute atomic E-state index is 0.0723. The summed E-state index contributed by atoms with van der Waals surface area (Å²) < 4.78 is 22.0. The van der Waals surface area contributed by atoms with Gasteiger partial charge in [0.1, 0.15) is 0 Å². The Kier molecular flexibility index (Phi) is 33.6. The maximum atomic E-state index is 12.7. The van der Waals surface area contributed by atoms with Gasteiger partial charge in [-0.2, -0.15) is 0 Å². The summed E-state index contributed by atoms with van der Waals surface area (Å²) in [4.78, 5) is 22.6. The van der Waals surface area contributed by atoms with Crippen LogP contribution in [0.5, 0.6) is 0 Å². The Labute approximate surface area is 289 Å². The monoisotopic (exact) mass is 685 g/mol. The predicted molar refractivity (Wildman–Crippen MR) is 198 cm³/mol. The van der Waals surface area contributed by atoms with E-state index in [1.54, 1.807) is 6.08 Å². The van der Waals surface area contributed by atoms with Gasteiger partial charge >= 0.3 is 7.82 Å². The lowest BCUT2D eigenvalue weighted by molar-refractivity contribution is -0.123. The topological polar surface area (TPSA) is 131 Å². The number of unbranched alkanes of at least 4 members (excludes halogenated alkanes) is 19. The van der Waals surface area contributed by atoms with Crippen molar-refractivity contribution in [3.05, 3.63) is 36.5 Å². The number of aliphatic hydroxyl groups is 1. The van der Waals surface area contributed by atoms with E-state index in [4.69, 9.17) is 14.8 Å². The van der Waals surface area contributed by atoms with Gasteiger partial charge < -0.3 is 21.1 Å². The van der Waals surface area contributed by atoms with Crippen molar-refractivity contribution in [2.75, 3.05) is 19.8 Å². The molecule has 0 saturated carbocycles. The first kappa shape index (κ1) is 45.7. The molecule has 1 amide bonds. The summed E-state index contributed by atoms with van der Waals surface area (Å²) in [6.45, 7) is 4.07. The zero-order chi connectivity index (χ0) is 34.7. The average Bonchev–Trinajstić information content (AvgIpc) is 3.05. The molecule has 0 rings (SSSR count). The lowest BCUT2D eigenvalue weighted by Crippen LogP contribution is -2.45. The summed E-state index contributed by atoms with van der Waals surface area (Å²) in [5.74, 6) is -0.216. The zero-order valence-electron chi connectivity index (χ0n) is 30.3. The van der Waals surface area contributed by atoms with Crippen molar-refractivity contribution in [2.45, 2.75) is 180 Å². The molecule has 9 heteroatoms. The molecule has 276 valence electrons. The summed E-state index contributed by atoms with van der Waals surface area (Å²) in [6.07, 6.45) is 39.0. The van der Waals surface area contributed by atoms with E-state index >= 15 is 0 Å². The number of allylic oxidation sites excluding steroid dienone is 5. The fraction of sp³-hybridized carbons (Fsp3) is 0.816. The average molecular weight is 685 g/mol. The molecule has 0 aromatic carbocycles. The van der Waals surface area contributed by atoms with Crippen molar-refractivity contribution < 1.29 is 28.4 Å². The fourth-order valence-corrected chi connectivity index (χ4v) is 6.02. The van der Waals surface area contributed by atoms with Crippen molar-refractivity contribution in [1.29, 1.82) is 0 Å². The van der Waals surface area contributed by atoms with Crippen molar-refractivity contribution in [3.8, 4) is 0 Å². The van der Waals surface area contributed by atoms with Crippen LogP contribution in [0.25, 0.3) is 0 Å². The van der Waals surface area contributed by atoms with E-state index in [0.29, 0.717) is 6.42 Å². The van der Waals surface area contributed by atoms with E-state index in [-0.39, 0.29) is 25.7 Å². The molecule has 0 spiro atoms. The molecule has 0 saturated heterocycles. The first-order valence-corrected chi connectivity index (χ1v) is 20.6. The van der Waals surface area contributed by atoms with Gasteiger partial charge in [-0.15, -0.1) is 0 Å². The second kappa shape index (κ2) is 34.6. The molecule has 3 unspecified atom stereocenters. The van der Waals surface area contributed by atoms with Crippen LogP contribution in [0.1, 0.15) is 168 Å². The number of hydrogen-bond donors (Lipinski definition) is 4. The van der Waals surface area contributed by atoms with Crippen LogP contribution in [0, 0.1) is 0 Å². The van der Waals surface area contributed by atoms with Crippen molar-refractivity contribution in [3.63, 3.8) is 0 Å². The maximum Gasteiger partial charge on any atom is 0.472 e. The Balaban J connectivity index is 4.39. The third-order valence-corrected chi connectivity index (χ3v) is 9.17. The van der Waals surface area contributed by atoms with Gasteiger partial charge in [-0.3, -0.25) is 13.8 Å². The number of rotatable bonds is 35. The summed E-state index contributed by atoms with van der Waals surface area (Å²) >= 11 is 0. The van der Waals surface area contributed by atoms with Gasteiger partial charge in [0.25, 0.3) is 0 Å². The Morgan fingerprint density at radius 3 is 1.66 bits per heavy atom. The van der Waals surface area contributed by atoms with Gasteiger partial charge in [-0.25, -0.2) is 4.57 Å². The third-order valence-electron chi connectivity index (χ3n) is 8.19. The maximum absolute atomic E-state index is 12.7.